The van der Waals surface area contributed by atoms with Crippen LogP contribution in [0.2, 0.25) is 0 Å². The van der Waals surface area contributed by atoms with E-state index in [-0.39, 0.29) is 18.7 Å². The minimum atomic E-state index is -4.46. The van der Waals surface area contributed by atoms with Crippen molar-refractivity contribution in [3.05, 3.63) is 29.8 Å². The SMILES string of the molecule is CCOC(=O)N1c2ccccc2CCC1C(F)(F)F. The third-order valence-corrected chi connectivity index (χ3v) is 3.09. The van der Waals surface area contributed by atoms with Gasteiger partial charge in [-0.15, -0.1) is 0 Å². The van der Waals surface area contributed by atoms with Crippen LogP contribution in [0.4, 0.5) is 23.7 Å². The third kappa shape index (κ3) is 2.67. The van der Waals surface area contributed by atoms with Crippen molar-refractivity contribution >= 4 is 11.8 Å². The van der Waals surface area contributed by atoms with Crippen molar-refractivity contribution in [3.63, 3.8) is 0 Å². The maximum Gasteiger partial charge on any atom is 0.414 e. The number of hydrogen-bond donors (Lipinski definition) is 0. The highest BCUT2D eigenvalue weighted by molar-refractivity contribution is 5.90. The van der Waals surface area contributed by atoms with Crippen molar-refractivity contribution in [2.75, 3.05) is 11.5 Å². The molecule has 0 aromatic heterocycles. The zero-order chi connectivity index (χ0) is 14.0. The molecule has 1 unspecified atom stereocenters. The highest BCUT2D eigenvalue weighted by atomic mass is 19.4. The topological polar surface area (TPSA) is 29.5 Å². The minimum absolute atomic E-state index is 0.0437. The Morgan fingerprint density at radius 1 is 1.42 bits per heavy atom. The molecular formula is C13H14F3NO2. The molecule has 0 saturated carbocycles. The number of fused-ring (bicyclic) bond motifs is 1. The number of nitrogens with zero attached hydrogens (tertiary/aromatic N) is 1. The molecular weight excluding hydrogens is 259 g/mol. The van der Waals surface area contributed by atoms with E-state index in [0.717, 1.165) is 10.5 Å². The van der Waals surface area contributed by atoms with E-state index in [9.17, 15) is 18.0 Å². The van der Waals surface area contributed by atoms with E-state index in [1.807, 2.05) is 0 Å². The van der Waals surface area contributed by atoms with Crippen LogP contribution in [-0.4, -0.2) is 24.9 Å². The van der Waals surface area contributed by atoms with Crippen LogP contribution in [0.5, 0.6) is 0 Å². The van der Waals surface area contributed by atoms with Crippen molar-refractivity contribution in [2.24, 2.45) is 0 Å². The second kappa shape index (κ2) is 5.11. The summed E-state index contributed by atoms with van der Waals surface area (Å²) in [7, 11) is 0. The zero-order valence-electron chi connectivity index (χ0n) is 10.4. The predicted molar refractivity (Wildman–Crippen MR) is 64.1 cm³/mol. The maximum atomic E-state index is 13.0. The number of amides is 1. The summed E-state index contributed by atoms with van der Waals surface area (Å²) >= 11 is 0. The number of anilines is 1. The molecule has 3 nitrogen and oxygen atoms in total. The number of carbonyl (C=O) groups excluding carboxylic acids is 1. The number of alkyl halides is 3. The van der Waals surface area contributed by atoms with Gasteiger partial charge in [0.15, 0.2) is 0 Å². The number of rotatable bonds is 1. The fourth-order valence-corrected chi connectivity index (χ4v) is 2.28. The van der Waals surface area contributed by atoms with Gasteiger partial charge >= 0.3 is 12.3 Å². The normalized spacial score (nSPS) is 18.9. The smallest absolute Gasteiger partial charge is 0.414 e. The molecule has 1 amide bonds. The molecule has 0 radical (unpaired) electrons. The van der Waals surface area contributed by atoms with Gasteiger partial charge in [0, 0.05) is 0 Å². The molecule has 6 heteroatoms. The van der Waals surface area contributed by atoms with Gasteiger partial charge in [-0.25, -0.2) is 4.79 Å². The second-order valence-electron chi connectivity index (χ2n) is 4.29. The number of para-hydroxylation sites is 1. The molecule has 0 fully saturated rings. The molecule has 2 rings (SSSR count). The fourth-order valence-electron chi connectivity index (χ4n) is 2.28. The second-order valence-corrected chi connectivity index (χ2v) is 4.29. The molecule has 1 heterocycles. The molecule has 1 aromatic rings. The Bertz CT molecular complexity index is 473. The molecule has 1 atom stereocenters. The van der Waals surface area contributed by atoms with E-state index >= 15 is 0 Å². The van der Waals surface area contributed by atoms with Gasteiger partial charge in [-0.05, 0) is 31.4 Å². The largest absolute Gasteiger partial charge is 0.449 e. The van der Waals surface area contributed by atoms with E-state index in [4.69, 9.17) is 4.74 Å². The number of hydrogen-bond acceptors (Lipinski definition) is 2. The third-order valence-electron chi connectivity index (χ3n) is 3.09. The Hall–Kier alpha value is -1.72. The first-order valence-electron chi connectivity index (χ1n) is 6.05. The molecule has 1 aromatic carbocycles. The number of halogens is 3. The van der Waals surface area contributed by atoms with Crippen molar-refractivity contribution in [3.8, 4) is 0 Å². The first-order chi connectivity index (χ1) is 8.95. The fraction of sp³-hybridized carbons (Fsp3) is 0.462. The van der Waals surface area contributed by atoms with Crippen molar-refractivity contribution < 1.29 is 22.7 Å². The maximum absolute atomic E-state index is 13.0. The van der Waals surface area contributed by atoms with Crippen LogP contribution in [0.25, 0.3) is 0 Å². The van der Waals surface area contributed by atoms with Crippen molar-refractivity contribution in [1.29, 1.82) is 0 Å². The molecule has 1 aliphatic heterocycles. The summed E-state index contributed by atoms with van der Waals surface area (Å²) < 4.78 is 43.9. The van der Waals surface area contributed by atoms with Crippen LogP contribution in [-0.2, 0) is 11.2 Å². The van der Waals surface area contributed by atoms with Gasteiger partial charge in [0.2, 0.25) is 0 Å². The van der Waals surface area contributed by atoms with Crippen molar-refractivity contribution in [1.82, 2.24) is 0 Å². The Balaban J connectivity index is 2.42. The highest BCUT2D eigenvalue weighted by Gasteiger charge is 2.48. The lowest BCUT2D eigenvalue weighted by atomic mass is 9.96. The van der Waals surface area contributed by atoms with Gasteiger partial charge in [0.25, 0.3) is 0 Å². The minimum Gasteiger partial charge on any atom is -0.449 e. The lowest BCUT2D eigenvalue weighted by molar-refractivity contribution is -0.150. The lowest BCUT2D eigenvalue weighted by Crippen LogP contribution is -2.51. The van der Waals surface area contributed by atoms with E-state index in [2.05, 4.69) is 0 Å². The van der Waals surface area contributed by atoms with Crippen LogP contribution in [0.15, 0.2) is 24.3 Å². The first kappa shape index (κ1) is 13.7. The number of carbonyl (C=O) groups is 1. The Labute approximate surface area is 109 Å². The average molecular weight is 273 g/mol. The summed E-state index contributed by atoms with van der Waals surface area (Å²) in [5, 5.41) is 0. The number of ether oxygens (including phenoxy) is 1. The predicted octanol–water partition coefficient (Wildman–Crippen LogP) is 3.53. The molecule has 0 N–H and O–H groups in total. The Morgan fingerprint density at radius 3 is 2.74 bits per heavy atom. The first-order valence-corrected chi connectivity index (χ1v) is 6.05. The summed E-state index contributed by atoms with van der Waals surface area (Å²) in [6, 6.07) is 4.79. The van der Waals surface area contributed by atoms with Crippen molar-refractivity contribution in [2.45, 2.75) is 32.0 Å². The van der Waals surface area contributed by atoms with Crippen LogP contribution >= 0.6 is 0 Å². The van der Waals surface area contributed by atoms with E-state index in [1.165, 1.54) is 6.07 Å². The molecule has 0 spiro atoms. The number of benzene rings is 1. The molecule has 104 valence electrons. The highest BCUT2D eigenvalue weighted by Crippen LogP contribution is 2.38. The van der Waals surface area contributed by atoms with Gasteiger partial charge in [0.1, 0.15) is 6.04 Å². The summed E-state index contributed by atoms with van der Waals surface area (Å²) in [4.78, 5) is 12.5. The van der Waals surface area contributed by atoms with Gasteiger partial charge in [0.05, 0.1) is 12.3 Å². The zero-order valence-corrected chi connectivity index (χ0v) is 10.4. The molecule has 0 bridgehead atoms. The van der Waals surface area contributed by atoms with Crippen LogP contribution in [0, 0.1) is 0 Å². The molecule has 1 aliphatic rings. The molecule has 0 saturated heterocycles. The van der Waals surface area contributed by atoms with Gasteiger partial charge in [-0.2, -0.15) is 13.2 Å². The Morgan fingerprint density at radius 2 is 2.11 bits per heavy atom. The van der Waals surface area contributed by atoms with Gasteiger partial charge in [-0.3, -0.25) is 4.90 Å². The molecule has 19 heavy (non-hydrogen) atoms. The summed E-state index contributed by atoms with van der Waals surface area (Å²) in [6.07, 6.45) is -5.24. The van der Waals surface area contributed by atoms with E-state index in [0.29, 0.717) is 6.42 Å². The monoisotopic (exact) mass is 273 g/mol. The van der Waals surface area contributed by atoms with Crippen LogP contribution < -0.4 is 4.90 Å². The summed E-state index contributed by atoms with van der Waals surface area (Å²) in [5.41, 5.74) is 1.02. The standard InChI is InChI=1S/C13H14F3NO2/c1-2-19-12(18)17-10-6-4-3-5-9(10)7-8-11(17)13(14,15)16/h3-6,11H,2,7-8H2,1H3. The summed E-state index contributed by atoms with van der Waals surface area (Å²) in [5.74, 6) is 0. The van der Waals surface area contributed by atoms with Crippen LogP contribution in [0.1, 0.15) is 18.9 Å². The van der Waals surface area contributed by atoms with E-state index in [1.54, 1.807) is 25.1 Å². The lowest BCUT2D eigenvalue weighted by Gasteiger charge is -2.37. The van der Waals surface area contributed by atoms with Gasteiger partial charge < -0.3 is 4.74 Å². The van der Waals surface area contributed by atoms with Crippen LogP contribution in [0.3, 0.4) is 0 Å². The number of aryl methyl sites for hydroxylation is 1. The van der Waals surface area contributed by atoms with E-state index < -0.39 is 18.3 Å². The Kier molecular flexibility index (Phi) is 3.68. The average Bonchev–Trinajstić information content (AvgIpc) is 2.36. The van der Waals surface area contributed by atoms with Gasteiger partial charge in [-0.1, -0.05) is 18.2 Å². The summed E-state index contributed by atoms with van der Waals surface area (Å²) in [6.45, 7) is 1.61. The quantitative estimate of drug-likeness (QED) is 0.783. The molecule has 0 aliphatic carbocycles.